The molecule has 5 nitrogen and oxygen atoms in total. The van der Waals surface area contributed by atoms with E-state index in [-0.39, 0.29) is 12.5 Å². The summed E-state index contributed by atoms with van der Waals surface area (Å²) in [5.41, 5.74) is 0.940. The summed E-state index contributed by atoms with van der Waals surface area (Å²) in [4.78, 5) is 14.2. The van der Waals surface area contributed by atoms with Gasteiger partial charge >= 0.3 is 0 Å². The zero-order valence-electron chi connectivity index (χ0n) is 14.2. The monoisotopic (exact) mass is 339 g/mol. The topological polar surface area (TPSA) is 51.9 Å². The van der Waals surface area contributed by atoms with Crippen LogP contribution in [0.15, 0.2) is 65.5 Å². The molecular formula is C20H21NO4. The number of carbonyl (C=O) groups excluding carboxylic acids is 1. The van der Waals surface area contributed by atoms with Crippen LogP contribution in [0.25, 0.3) is 10.8 Å². The third-order valence-electron chi connectivity index (χ3n) is 3.95. The lowest BCUT2D eigenvalue weighted by Crippen LogP contribution is -2.36. The molecule has 2 aromatic carbocycles. The van der Waals surface area contributed by atoms with E-state index in [4.69, 9.17) is 13.9 Å². The average molecular weight is 339 g/mol. The summed E-state index contributed by atoms with van der Waals surface area (Å²) in [6.45, 7) is 1.43. The highest BCUT2D eigenvalue weighted by Crippen LogP contribution is 2.20. The van der Waals surface area contributed by atoms with Gasteiger partial charge in [0, 0.05) is 25.8 Å². The Morgan fingerprint density at radius 3 is 2.72 bits per heavy atom. The van der Waals surface area contributed by atoms with Crippen molar-refractivity contribution in [1.82, 2.24) is 4.90 Å². The first-order valence-corrected chi connectivity index (χ1v) is 8.15. The first kappa shape index (κ1) is 17.0. The second kappa shape index (κ2) is 8.35. The molecule has 0 aliphatic carbocycles. The van der Waals surface area contributed by atoms with E-state index in [9.17, 15) is 4.79 Å². The van der Waals surface area contributed by atoms with Gasteiger partial charge in [0.25, 0.3) is 5.91 Å². The van der Waals surface area contributed by atoms with Crippen molar-refractivity contribution in [3.8, 4) is 5.75 Å². The van der Waals surface area contributed by atoms with Crippen molar-refractivity contribution in [2.45, 2.75) is 6.54 Å². The van der Waals surface area contributed by atoms with Crippen molar-refractivity contribution >= 4 is 16.7 Å². The molecule has 0 aliphatic heterocycles. The molecule has 1 heterocycles. The highest BCUT2D eigenvalue weighted by atomic mass is 16.5. The fraction of sp³-hybridized carbons (Fsp3) is 0.250. The van der Waals surface area contributed by atoms with Crippen LogP contribution < -0.4 is 4.74 Å². The maximum atomic E-state index is 12.5. The molecule has 0 spiro atoms. The lowest BCUT2D eigenvalue weighted by Gasteiger charge is -2.22. The number of methoxy groups -OCH3 is 1. The largest absolute Gasteiger partial charge is 0.484 e. The van der Waals surface area contributed by atoms with Crippen LogP contribution in [0.4, 0.5) is 0 Å². The molecular weight excluding hydrogens is 318 g/mol. The summed E-state index contributed by atoms with van der Waals surface area (Å²) in [6.07, 6.45) is 3.23. The molecule has 0 saturated heterocycles. The molecule has 0 saturated carbocycles. The number of amides is 1. The summed E-state index contributed by atoms with van der Waals surface area (Å²) < 4.78 is 15.9. The van der Waals surface area contributed by atoms with Crippen LogP contribution in [0, 0.1) is 0 Å². The second-order valence-electron chi connectivity index (χ2n) is 5.74. The predicted molar refractivity (Wildman–Crippen MR) is 95.4 cm³/mol. The Hall–Kier alpha value is -2.79. The van der Waals surface area contributed by atoms with E-state index in [0.29, 0.717) is 25.4 Å². The SMILES string of the molecule is COCCN(Cc1ccoc1)C(=O)COc1ccc2ccccc2c1. The van der Waals surface area contributed by atoms with Crippen molar-refractivity contribution in [2.24, 2.45) is 0 Å². The Labute approximate surface area is 146 Å². The number of rotatable bonds is 8. The Morgan fingerprint density at radius 2 is 1.96 bits per heavy atom. The molecule has 0 radical (unpaired) electrons. The molecule has 5 heteroatoms. The van der Waals surface area contributed by atoms with Gasteiger partial charge in [-0.3, -0.25) is 4.79 Å². The second-order valence-corrected chi connectivity index (χ2v) is 5.74. The number of nitrogens with zero attached hydrogens (tertiary/aromatic N) is 1. The smallest absolute Gasteiger partial charge is 0.260 e. The van der Waals surface area contributed by atoms with Crippen molar-refractivity contribution in [1.29, 1.82) is 0 Å². The minimum absolute atomic E-state index is 0.0140. The number of fused-ring (bicyclic) bond motifs is 1. The number of hydrogen-bond acceptors (Lipinski definition) is 4. The molecule has 0 aliphatic rings. The number of benzene rings is 2. The number of furan rings is 1. The van der Waals surface area contributed by atoms with E-state index in [1.807, 2.05) is 48.5 Å². The van der Waals surface area contributed by atoms with Crippen LogP contribution >= 0.6 is 0 Å². The number of hydrogen-bond donors (Lipinski definition) is 0. The van der Waals surface area contributed by atoms with Crippen molar-refractivity contribution < 1.29 is 18.7 Å². The van der Waals surface area contributed by atoms with Gasteiger partial charge in [0.1, 0.15) is 5.75 Å². The van der Waals surface area contributed by atoms with Gasteiger partial charge in [0.15, 0.2) is 6.61 Å². The van der Waals surface area contributed by atoms with Gasteiger partial charge < -0.3 is 18.8 Å². The van der Waals surface area contributed by atoms with Crippen LogP contribution in [0.3, 0.4) is 0 Å². The molecule has 25 heavy (non-hydrogen) atoms. The minimum atomic E-state index is -0.0913. The maximum absolute atomic E-state index is 12.5. The summed E-state index contributed by atoms with van der Waals surface area (Å²) in [5, 5.41) is 2.23. The zero-order chi connectivity index (χ0) is 17.5. The van der Waals surface area contributed by atoms with Gasteiger partial charge in [-0.2, -0.15) is 0 Å². The quantitative estimate of drug-likeness (QED) is 0.630. The number of carbonyl (C=O) groups is 1. The van der Waals surface area contributed by atoms with Crippen molar-refractivity contribution in [2.75, 3.05) is 26.9 Å². The van der Waals surface area contributed by atoms with E-state index in [1.54, 1.807) is 24.5 Å². The van der Waals surface area contributed by atoms with E-state index in [2.05, 4.69) is 0 Å². The molecule has 0 N–H and O–H groups in total. The van der Waals surface area contributed by atoms with Gasteiger partial charge in [0.2, 0.25) is 0 Å². The summed E-state index contributed by atoms with van der Waals surface area (Å²) >= 11 is 0. The molecule has 0 bridgehead atoms. The lowest BCUT2D eigenvalue weighted by molar-refractivity contribution is -0.134. The average Bonchev–Trinajstić information content (AvgIpc) is 3.16. The molecule has 1 aromatic heterocycles. The van der Waals surface area contributed by atoms with E-state index in [1.165, 1.54) is 0 Å². The van der Waals surface area contributed by atoms with Crippen molar-refractivity contribution in [3.63, 3.8) is 0 Å². The van der Waals surface area contributed by atoms with Crippen molar-refractivity contribution in [3.05, 3.63) is 66.6 Å². The number of ether oxygens (including phenoxy) is 2. The molecule has 3 aromatic rings. The van der Waals surface area contributed by atoms with Gasteiger partial charge in [-0.05, 0) is 29.0 Å². The van der Waals surface area contributed by atoms with Gasteiger partial charge in [-0.1, -0.05) is 30.3 Å². The van der Waals surface area contributed by atoms with Gasteiger partial charge in [-0.15, -0.1) is 0 Å². The Bertz CT molecular complexity index is 813. The van der Waals surface area contributed by atoms with Crippen LogP contribution in [0.1, 0.15) is 5.56 Å². The molecule has 1 amide bonds. The lowest BCUT2D eigenvalue weighted by atomic mass is 10.1. The Morgan fingerprint density at radius 1 is 1.12 bits per heavy atom. The van der Waals surface area contributed by atoms with Crippen LogP contribution in [-0.2, 0) is 16.1 Å². The van der Waals surface area contributed by atoms with E-state index in [0.717, 1.165) is 16.3 Å². The van der Waals surface area contributed by atoms with Crippen LogP contribution in [0.2, 0.25) is 0 Å². The van der Waals surface area contributed by atoms with Crippen LogP contribution in [0.5, 0.6) is 5.75 Å². The van der Waals surface area contributed by atoms with Crippen LogP contribution in [-0.4, -0.2) is 37.7 Å². The van der Waals surface area contributed by atoms with E-state index >= 15 is 0 Å². The molecule has 0 atom stereocenters. The van der Waals surface area contributed by atoms with Gasteiger partial charge in [0.05, 0.1) is 19.1 Å². The summed E-state index contributed by atoms with van der Waals surface area (Å²) in [5.74, 6) is 0.591. The first-order chi connectivity index (χ1) is 12.3. The molecule has 130 valence electrons. The summed E-state index contributed by atoms with van der Waals surface area (Å²) in [6, 6.07) is 15.7. The Kier molecular flexibility index (Phi) is 5.69. The molecule has 0 unspecified atom stereocenters. The third kappa shape index (κ3) is 4.61. The zero-order valence-corrected chi connectivity index (χ0v) is 14.2. The highest BCUT2D eigenvalue weighted by molar-refractivity contribution is 5.84. The fourth-order valence-electron chi connectivity index (χ4n) is 2.59. The van der Waals surface area contributed by atoms with Gasteiger partial charge in [-0.25, -0.2) is 0 Å². The normalized spacial score (nSPS) is 10.8. The maximum Gasteiger partial charge on any atom is 0.260 e. The highest BCUT2D eigenvalue weighted by Gasteiger charge is 2.15. The molecule has 0 fully saturated rings. The Balaban J connectivity index is 1.62. The summed E-state index contributed by atoms with van der Waals surface area (Å²) in [7, 11) is 1.62. The predicted octanol–water partition coefficient (Wildman–Crippen LogP) is 3.49. The molecule has 3 rings (SSSR count). The standard InChI is InChI=1S/C20H21NO4/c1-23-11-9-21(13-16-8-10-24-14-16)20(22)15-25-19-7-6-17-4-2-3-5-18(17)12-19/h2-8,10,12,14H,9,11,13,15H2,1H3. The fourth-order valence-corrected chi connectivity index (χ4v) is 2.59. The minimum Gasteiger partial charge on any atom is -0.484 e. The first-order valence-electron chi connectivity index (χ1n) is 8.15. The van der Waals surface area contributed by atoms with E-state index < -0.39 is 0 Å². The third-order valence-corrected chi connectivity index (χ3v) is 3.95.